The van der Waals surface area contributed by atoms with Gasteiger partial charge in [-0.2, -0.15) is 0 Å². The van der Waals surface area contributed by atoms with E-state index in [4.69, 9.17) is 4.98 Å². The molecule has 3 nitrogen and oxygen atoms in total. The van der Waals surface area contributed by atoms with Crippen molar-refractivity contribution in [3.63, 3.8) is 0 Å². The number of anilines is 3. The highest BCUT2D eigenvalue weighted by atomic mass is 15.3. The smallest absolute Gasteiger partial charge is 0.104 e. The quantitative estimate of drug-likeness (QED) is 0.198. The Balaban J connectivity index is 1.36. The second-order valence-corrected chi connectivity index (χ2v) is 12.3. The third kappa shape index (κ3) is 4.46. The van der Waals surface area contributed by atoms with Crippen LogP contribution >= 0.6 is 0 Å². The van der Waals surface area contributed by atoms with Crippen LogP contribution in [-0.2, 0) is 0 Å². The molecule has 1 aliphatic heterocycles. The van der Waals surface area contributed by atoms with Crippen molar-refractivity contribution < 1.29 is 0 Å². The summed E-state index contributed by atoms with van der Waals surface area (Å²) in [5, 5.41) is 11.1. The molecule has 0 saturated carbocycles. The number of nitrogens with zero attached hydrogens (tertiary/aromatic N) is 2. The second-order valence-electron chi connectivity index (χ2n) is 12.3. The van der Waals surface area contributed by atoms with E-state index >= 15 is 0 Å². The van der Waals surface area contributed by atoms with Gasteiger partial charge >= 0.3 is 0 Å². The molecule has 47 heavy (non-hydrogen) atoms. The van der Waals surface area contributed by atoms with Gasteiger partial charge in [-0.3, -0.25) is 4.98 Å². The van der Waals surface area contributed by atoms with E-state index in [-0.39, 0.29) is 6.17 Å². The summed E-state index contributed by atoms with van der Waals surface area (Å²) >= 11 is 0. The monoisotopic (exact) mass is 603 g/mol. The molecule has 0 radical (unpaired) electrons. The third-order valence-electron chi connectivity index (χ3n) is 9.66. The zero-order valence-corrected chi connectivity index (χ0v) is 26.2. The van der Waals surface area contributed by atoms with Crippen molar-refractivity contribution in [2.75, 3.05) is 10.2 Å². The Morgan fingerprint density at radius 1 is 0.553 bits per heavy atom. The summed E-state index contributed by atoms with van der Waals surface area (Å²) in [6.45, 7) is 2.23. The molecule has 2 heterocycles. The molecule has 1 aromatic heterocycles. The maximum atomic E-state index is 4.89. The first kappa shape index (κ1) is 27.4. The van der Waals surface area contributed by atoms with E-state index in [1.54, 1.807) is 0 Å². The zero-order chi connectivity index (χ0) is 31.3. The molecule has 7 aromatic carbocycles. The summed E-state index contributed by atoms with van der Waals surface area (Å²) in [6, 6.07) is 52.8. The zero-order valence-electron chi connectivity index (χ0n) is 26.2. The van der Waals surface area contributed by atoms with Gasteiger partial charge < -0.3 is 10.2 Å². The van der Waals surface area contributed by atoms with E-state index in [2.05, 4.69) is 163 Å². The highest BCUT2D eigenvalue weighted by molar-refractivity contribution is 6.24. The van der Waals surface area contributed by atoms with Gasteiger partial charge in [-0.05, 0) is 90.8 Å². The SMILES string of the molecule is CCC1Nc2ccccc2N1c1cncc(-c2c3ccccc3c(-c3cccc4ccccc34)c3ccc(-c4ccccc4)cc23)c1. The van der Waals surface area contributed by atoms with Crippen LogP contribution in [0, 0.1) is 0 Å². The fourth-order valence-electron chi connectivity index (χ4n) is 7.55. The van der Waals surface area contributed by atoms with Gasteiger partial charge in [-0.25, -0.2) is 0 Å². The van der Waals surface area contributed by atoms with Crippen LogP contribution in [0.3, 0.4) is 0 Å². The molecule has 0 aliphatic carbocycles. The second kappa shape index (κ2) is 11.1. The summed E-state index contributed by atoms with van der Waals surface area (Å²) in [6.07, 6.45) is 5.16. The Morgan fingerprint density at radius 3 is 2.11 bits per heavy atom. The van der Waals surface area contributed by atoms with Crippen LogP contribution < -0.4 is 10.2 Å². The lowest BCUT2D eigenvalue weighted by atomic mass is 9.84. The molecule has 1 atom stereocenters. The fraction of sp³-hybridized carbons (Fsp3) is 0.0682. The van der Waals surface area contributed by atoms with E-state index < -0.39 is 0 Å². The maximum Gasteiger partial charge on any atom is 0.104 e. The Hall–Kier alpha value is -5.93. The van der Waals surface area contributed by atoms with Gasteiger partial charge in [0.2, 0.25) is 0 Å². The van der Waals surface area contributed by atoms with Gasteiger partial charge in [0.25, 0.3) is 0 Å². The predicted molar refractivity (Wildman–Crippen MR) is 199 cm³/mol. The number of aromatic nitrogens is 1. The molecule has 3 heteroatoms. The number of rotatable bonds is 5. The van der Waals surface area contributed by atoms with Crippen molar-refractivity contribution >= 4 is 49.4 Å². The summed E-state index contributed by atoms with van der Waals surface area (Å²) in [5.41, 5.74) is 10.7. The lowest BCUT2D eigenvalue weighted by molar-refractivity contribution is 0.727. The average Bonchev–Trinajstić information content (AvgIpc) is 3.53. The van der Waals surface area contributed by atoms with Crippen LogP contribution in [-0.4, -0.2) is 11.1 Å². The van der Waals surface area contributed by atoms with Gasteiger partial charge in [-0.15, -0.1) is 0 Å². The normalized spacial score (nSPS) is 14.1. The third-order valence-corrected chi connectivity index (χ3v) is 9.66. The van der Waals surface area contributed by atoms with Gasteiger partial charge in [0, 0.05) is 11.8 Å². The number of hydrogen-bond donors (Lipinski definition) is 1. The number of nitrogens with one attached hydrogen (secondary N) is 1. The van der Waals surface area contributed by atoms with Crippen LogP contribution in [0.4, 0.5) is 17.1 Å². The van der Waals surface area contributed by atoms with Gasteiger partial charge in [0.1, 0.15) is 6.17 Å². The largest absolute Gasteiger partial charge is 0.363 e. The van der Waals surface area contributed by atoms with E-state index in [9.17, 15) is 0 Å². The molecule has 9 rings (SSSR count). The van der Waals surface area contributed by atoms with Crippen molar-refractivity contribution in [3.05, 3.63) is 158 Å². The molecule has 0 amide bonds. The fourth-order valence-corrected chi connectivity index (χ4v) is 7.55. The molecule has 1 unspecified atom stereocenters. The minimum Gasteiger partial charge on any atom is -0.363 e. The molecule has 1 aliphatic rings. The van der Waals surface area contributed by atoms with Crippen LogP contribution in [0.1, 0.15) is 13.3 Å². The Bertz CT molecular complexity index is 2440. The van der Waals surface area contributed by atoms with Crippen molar-refractivity contribution in [1.82, 2.24) is 4.98 Å². The van der Waals surface area contributed by atoms with E-state index in [0.717, 1.165) is 23.4 Å². The Kier molecular flexibility index (Phi) is 6.50. The van der Waals surface area contributed by atoms with Crippen LogP contribution in [0.5, 0.6) is 0 Å². The summed E-state index contributed by atoms with van der Waals surface area (Å²) < 4.78 is 0. The number of benzene rings is 7. The summed E-state index contributed by atoms with van der Waals surface area (Å²) in [7, 11) is 0. The number of pyridine rings is 1. The lowest BCUT2D eigenvalue weighted by Gasteiger charge is -2.26. The Morgan fingerprint density at radius 2 is 1.26 bits per heavy atom. The highest BCUT2D eigenvalue weighted by Gasteiger charge is 2.29. The average molecular weight is 604 g/mol. The van der Waals surface area contributed by atoms with Crippen molar-refractivity contribution in [2.24, 2.45) is 0 Å². The van der Waals surface area contributed by atoms with E-state index in [1.165, 1.54) is 65.8 Å². The minimum absolute atomic E-state index is 0.163. The van der Waals surface area contributed by atoms with Gasteiger partial charge in [-0.1, -0.05) is 128 Å². The Labute approximate surface area is 274 Å². The van der Waals surface area contributed by atoms with Crippen molar-refractivity contribution in [1.29, 1.82) is 0 Å². The number of hydrogen-bond acceptors (Lipinski definition) is 3. The molecule has 1 N–H and O–H groups in total. The van der Waals surface area contributed by atoms with Crippen LogP contribution in [0.15, 0.2) is 158 Å². The number of para-hydroxylation sites is 2. The highest BCUT2D eigenvalue weighted by Crippen LogP contribution is 2.47. The molecule has 0 saturated heterocycles. The minimum atomic E-state index is 0.163. The van der Waals surface area contributed by atoms with Crippen molar-refractivity contribution in [3.8, 4) is 33.4 Å². The van der Waals surface area contributed by atoms with E-state index in [0.29, 0.717) is 0 Å². The summed E-state index contributed by atoms with van der Waals surface area (Å²) in [5.74, 6) is 0. The van der Waals surface area contributed by atoms with Crippen LogP contribution in [0.2, 0.25) is 0 Å². The molecule has 224 valence electrons. The predicted octanol–water partition coefficient (Wildman–Crippen LogP) is 11.8. The number of fused-ring (bicyclic) bond motifs is 4. The van der Waals surface area contributed by atoms with Crippen molar-refractivity contribution in [2.45, 2.75) is 19.5 Å². The lowest BCUT2D eigenvalue weighted by Crippen LogP contribution is -2.31. The topological polar surface area (TPSA) is 28.2 Å². The molecular formula is C44H33N3. The molecule has 0 spiro atoms. The first-order chi connectivity index (χ1) is 23.3. The van der Waals surface area contributed by atoms with Crippen LogP contribution in [0.25, 0.3) is 65.7 Å². The van der Waals surface area contributed by atoms with Gasteiger partial charge in [0.15, 0.2) is 0 Å². The molecule has 0 bridgehead atoms. The summed E-state index contributed by atoms with van der Waals surface area (Å²) in [4.78, 5) is 7.29. The van der Waals surface area contributed by atoms with E-state index in [1.807, 2.05) is 12.4 Å². The molecule has 8 aromatic rings. The molecular weight excluding hydrogens is 571 g/mol. The van der Waals surface area contributed by atoms with Gasteiger partial charge in [0.05, 0.1) is 23.3 Å². The first-order valence-corrected chi connectivity index (χ1v) is 16.4. The maximum absolute atomic E-state index is 4.89. The standard InChI is InChI=1S/C44H33N3/c1-2-42-46-40-21-10-11-22-41(40)47(42)33-25-32(27-45-28-33)43-36-18-8-9-19-37(36)44(35-20-12-16-30-15-6-7-17-34(30)35)38-24-23-31(26-39(38)43)29-13-4-3-5-14-29/h3-28,42,46H,2H2,1H3. The molecule has 0 fully saturated rings. The first-order valence-electron chi connectivity index (χ1n) is 16.4.